The minimum atomic E-state index is -0.138. The first-order valence-corrected chi connectivity index (χ1v) is 9.00. The van der Waals surface area contributed by atoms with Gasteiger partial charge in [0.1, 0.15) is 5.69 Å². The molecule has 3 aromatic rings. The van der Waals surface area contributed by atoms with E-state index in [1.165, 1.54) is 5.56 Å². The molecule has 0 radical (unpaired) electrons. The number of fused-ring (bicyclic) bond motifs is 1. The largest absolute Gasteiger partial charge is 0.351 e. The fourth-order valence-corrected chi connectivity index (χ4v) is 2.98. The molecule has 0 aliphatic rings. The number of aromatic amines is 1. The molecule has 2 aromatic carbocycles. The highest BCUT2D eigenvalue weighted by Gasteiger charge is 2.11. The monoisotopic (exact) mass is 350 g/mol. The summed E-state index contributed by atoms with van der Waals surface area (Å²) in [6.07, 6.45) is 1.68. The lowest BCUT2D eigenvalue weighted by Gasteiger charge is -2.11. The van der Waals surface area contributed by atoms with Crippen LogP contribution in [0.3, 0.4) is 0 Å². The van der Waals surface area contributed by atoms with Crippen molar-refractivity contribution in [2.75, 3.05) is 13.1 Å². The lowest BCUT2D eigenvalue weighted by molar-refractivity contribution is 0.0946. The molecule has 1 heterocycles. The zero-order valence-corrected chi connectivity index (χ0v) is 15.1. The van der Waals surface area contributed by atoms with Crippen LogP contribution in [0, 0.1) is 6.92 Å². The lowest BCUT2D eigenvalue weighted by atomic mass is 10.0. The fourth-order valence-electron chi connectivity index (χ4n) is 2.98. The van der Waals surface area contributed by atoms with Crippen LogP contribution in [0.2, 0.25) is 0 Å². The molecular formula is C21H26N4O. The Kier molecular flexibility index (Phi) is 5.71. The number of amides is 1. The van der Waals surface area contributed by atoms with Gasteiger partial charge < -0.3 is 21.8 Å². The third kappa shape index (κ3) is 4.31. The second kappa shape index (κ2) is 8.17. The molecule has 0 saturated heterocycles. The minimum absolute atomic E-state index is 0.0694. The van der Waals surface area contributed by atoms with E-state index in [9.17, 15) is 4.79 Å². The fraction of sp³-hybridized carbons (Fsp3) is 0.286. The first-order valence-electron chi connectivity index (χ1n) is 9.00. The van der Waals surface area contributed by atoms with Crippen molar-refractivity contribution in [3.05, 3.63) is 59.8 Å². The Morgan fingerprint density at radius 1 is 1.12 bits per heavy atom. The van der Waals surface area contributed by atoms with Gasteiger partial charge in [-0.1, -0.05) is 35.9 Å². The molecule has 5 nitrogen and oxygen atoms in total. The molecule has 0 bridgehead atoms. The molecule has 1 amide bonds. The first kappa shape index (κ1) is 18.2. The van der Waals surface area contributed by atoms with Crippen LogP contribution >= 0.6 is 0 Å². The van der Waals surface area contributed by atoms with Gasteiger partial charge in [-0.15, -0.1) is 0 Å². The Morgan fingerprint density at radius 3 is 2.58 bits per heavy atom. The maximum atomic E-state index is 12.4. The molecule has 3 rings (SSSR count). The van der Waals surface area contributed by atoms with Crippen molar-refractivity contribution in [3.63, 3.8) is 0 Å². The number of nitrogens with two attached hydrogens (primary N) is 2. The molecule has 0 unspecified atom stereocenters. The average Bonchev–Trinajstić information content (AvgIpc) is 3.08. The van der Waals surface area contributed by atoms with Crippen molar-refractivity contribution in [3.8, 4) is 11.1 Å². The standard InChI is InChI=1S/C21H26N4O/c1-14-4-6-15(7-5-14)16-8-9-19-17(11-16)12-20(25-19)21(26)24-13-18(23)3-2-10-22/h4-9,11-12,18,25H,2-3,10,13,22-23H2,1H3,(H,24,26)/t18-/m0/s1. The highest BCUT2D eigenvalue weighted by Crippen LogP contribution is 2.25. The van der Waals surface area contributed by atoms with Crippen molar-refractivity contribution < 1.29 is 4.79 Å². The molecule has 26 heavy (non-hydrogen) atoms. The highest BCUT2D eigenvalue weighted by molar-refractivity contribution is 5.98. The van der Waals surface area contributed by atoms with Crippen molar-refractivity contribution >= 4 is 16.8 Å². The van der Waals surface area contributed by atoms with Crippen LogP contribution in [-0.2, 0) is 0 Å². The van der Waals surface area contributed by atoms with Crippen molar-refractivity contribution in [1.82, 2.24) is 10.3 Å². The maximum Gasteiger partial charge on any atom is 0.267 e. The van der Waals surface area contributed by atoms with Crippen molar-refractivity contribution in [1.29, 1.82) is 0 Å². The Hall–Kier alpha value is -2.63. The molecule has 1 atom stereocenters. The number of hydrogen-bond acceptors (Lipinski definition) is 3. The molecule has 1 aromatic heterocycles. The molecule has 0 spiro atoms. The molecule has 136 valence electrons. The van der Waals surface area contributed by atoms with E-state index in [1.54, 1.807) is 0 Å². The third-order valence-electron chi connectivity index (χ3n) is 4.55. The van der Waals surface area contributed by atoms with Gasteiger partial charge in [-0.25, -0.2) is 0 Å². The Bertz CT molecular complexity index is 883. The summed E-state index contributed by atoms with van der Waals surface area (Å²) in [5, 5.41) is 3.90. The molecule has 0 aliphatic carbocycles. The first-order chi connectivity index (χ1) is 12.6. The minimum Gasteiger partial charge on any atom is -0.351 e. The lowest BCUT2D eigenvalue weighted by Crippen LogP contribution is -2.37. The van der Waals surface area contributed by atoms with Gasteiger partial charge >= 0.3 is 0 Å². The predicted molar refractivity (Wildman–Crippen MR) is 107 cm³/mol. The smallest absolute Gasteiger partial charge is 0.267 e. The molecular weight excluding hydrogens is 324 g/mol. The Balaban J connectivity index is 1.72. The number of carbonyl (C=O) groups excluding carboxylic acids is 1. The Morgan fingerprint density at radius 2 is 1.85 bits per heavy atom. The SMILES string of the molecule is Cc1ccc(-c2ccc3[nH]c(C(=O)NC[C@@H](N)CCCN)cc3c2)cc1. The maximum absolute atomic E-state index is 12.4. The Labute approximate surface area is 153 Å². The van der Waals surface area contributed by atoms with E-state index in [2.05, 4.69) is 53.6 Å². The van der Waals surface area contributed by atoms with E-state index in [4.69, 9.17) is 11.5 Å². The summed E-state index contributed by atoms with van der Waals surface area (Å²) < 4.78 is 0. The summed E-state index contributed by atoms with van der Waals surface area (Å²) in [6, 6.07) is 16.4. The normalized spacial score (nSPS) is 12.3. The second-order valence-corrected chi connectivity index (χ2v) is 6.75. The van der Waals surface area contributed by atoms with Crippen LogP contribution in [0.25, 0.3) is 22.0 Å². The zero-order valence-electron chi connectivity index (χ0n) is 15.1. The summed E-state index contributed by atoms with van der Waals surface area (Å²) in [6.45, 7) is 3.14. The van der Waals surface area contributed by atoms with Crippen LogP contribution in [-0.4, -0.2) is 30.0 Å². The summed E-state index contributed by atoms with van der Waals surface area (Å²) >= 11 is 0. The number of hydrogen-bond donors (Lipinski definition) is 4. The van der Waals surface area contributed by atoms with E-state index in [0.29, 0.717) is 18.8 Å². The number of H-pyrrole nitrogens is 1. The van der Waals surface area contributed by atoms with Crippen molar-refractivity contribution in [2.24, 2.45) is 11.5 Å². The predicted octanol–water partition coefficient (Wildman–Crippen LogP) is 2.94. The van der Waals surface area contributed by atoms with Gasteiger partial charge in [0.2, 0.25) is 0 Å². The van der Waals surface area contributed by atoms with Gasteiger partial charge in [0.05, 0.1) is 0 Å². The van der Waals surface area contributed by atoms with Crippen LogP contribution in [0.1, 0.15) is 28.9 Å². The van der Waals surface area contributed by atoms with E-state index in [1.807, 2.05) is 12.1 Å². The van der Waals surface area contributed by atoms with Gasteiger partial charge in [0.25, 0.3) is 5.91 Å². The number of nitrogens with one attached hydrogen (secondary N) is 2. The highest BCUT2D eigenvalue weighted by atomic mass is 16.1. The van der Waals surface area contributed by atoms with E-state index in [-0.39, 0.29) is 11.9 Å². The topological polar surface area (TPSA) is 96.9 Å². The van der Waals surface area contributed by atoms with Crippen molar-refractivity contribution in [2.45, 2.75) is 25.8 Å². The van der Waals surface area contributed by atoms with Crippen LogP contribution in [0.4, 0.5) is 0 Å². The molecule has 0 aliphatic heterocycles. The van der Waals surface area contributed by atoms with E-state index >= 15 is 0 Å². The summed E-state index contributed by atoms with van der Waals surface area (Å²) in [4.78, 5) is 15.5. The summed E-state index contributed by atoms with van der Waals surface area (Å²) in [7, 11) is 0. The van der Waals surface area contributed by atoms with Crippen LogP contribution < -0.4 is 16.8 Å². The molecule has 5 heteroatoms. The summed E-state index contributed by atoms with van der Waals surface area (Å²) in [5.74, 6) is -0.138. The van der Waals surface area contributed by atoms with E-state index < -0.39 is 0 Å². The zero-order chi connectivity index (χ0) is 18.5. The van der Waals surface area contributed by atoms with Gasteiger partial charge in [-0.3, -0.25) is 4.79 Å². The number of carbonyl (C=O) groups is 1. The molecule has 0 fully saturated rings. The number of benzene rings is 2. The average molecular weight is 350 g/mol. The van der Waals surface area contributed by atoms with Gasteiger partial charge in [0, 0.05) is 23.5 Å². The van der Waals surface area contributed by atoms with Crippen LogP contribution in [0.5, 0.6) is 0 Å². The number of aromatic nitrogens is 1. The summed E-state index contributed by atoms with van der Waals surface area (Å²) in [5.41, 5.74) is 16.5. The van der Waals surface area contributed by atoms with Gasteiger partial charge in [-0.05, 0) is 55.6 Å². The quantitative estimate of drug-likeness (QED) is 0.527. The number of aryl methyl sites for hydroxylation is 1. The second-order valence-electron chi connectivity index (χ2n) is 6.75. The third-order valence-corrected chi connectivity index (χ3v) is 4.55. The van der Waals surface area contributed by atoms with E-state index in [0.717, 1.165) is 34.9 Å². The van der Waals surface area contributed by atoms with Gasteiger partial charge in [-0.2, -0.15) is 0 Å². The molecule has 0 saturated carbocycles. The number of rotatable bonds is 7. The van der Waals surface area contributed by atoms with Crippen LogP contribution in [0.15, 0.2) is 48.5 Å². The van der Waals surface area contributed by atoms with Gasteiger partial charge in [0.15, 0.2) is 0 Å². The molecule has 6 N–H and O–H groups in total.